The number of aryl methyl sites for hydroxylation is 1. The summed E-state index contributed by atoms with van der Waals surface area (Å²) in [7, 11) is 1.59. The molecule has 1 aromatic carbocycles. The second-order valence-electron chi connectivity index (χ2n) is 9.15. The standard InChI is InChI=1S/C25H28N6O3/c1-16(2)10-12-30-21-22(27-24(30)29-13-18-9-11-26-19(18)14-29)28(3)25(34)31(23(21)33)15-20(32)17-7-5-4-6-8-17/h4-8,10,14,18,26H,9,11-13,15H2,1-3H3. The fraction of sp³-hybridized carbons (Fsp3) is 0.360. The maximum absolute atomic E-state index is 13.6. The van der Waals surface area contributed by atoms with Crippen LogP contribution in [0.4, 0.5) is 5.95 Å². The summed E-state index contributed by atoms with van der Waals surface area (Å²) < 4.78 is 4.23. The lowest BCUT2D eigenvalue weighted by Crippen LogP contribution is -2.41. The first kappa shape index (κ1) is 21.9. The first-order valence-electron chi connectivity index (χ1n) is 11.5. The fourth-order valence-corrected chi connectivity index (χ4v) is 4.65. The highest BCUT2D eigenvalue weighted by atomic mass is 16.2. The lowest BCUT2D eigenvalue weighted by molar-refractivity contribution is 0.0969. The summed E-state index contributed by atoms with van der Waals surface area (Å²) in [5, 5.41) is 3.41. The number of hydrogen-bond acceptors (Lipinski definition) is 6. The van der Waals surface area contributed by atoms with Gasteiger partial charge in [-0.25, -0.2) is 4.79 Å². The van der Waals surface area contributed by atoms with Gasteiger partial charge < -0.3 is 14.8 Å². The molecule has 0 bridgehead atoms. The molecule has 0 radical (unpaired) electrons. The first-order valence-corrected chi connectivity index (χ1v) is 11.5. The minimum atomic E-state index is -0.557. The molecule has 0 aliphatic carbocycles. The van der Waals surface area contributed by atoms with Crippen molar-refractivity contribution in [1.29, 1.82) is 0 Å². The summed E-state index contributed by atoms with van der Waals surface area (Å²) >= 11 is 0. The van der Waals surface area contributed by atoms with Crippen LogP contribution in [0.1, 0.15) is 30.6 Å². The molecule has 3 aromatic rings. The Labute approximate surface area is 196 Å². The van der Waals surface area contributed by atoms with Crippen LogP contribution in [0.15, 0.2) is 63.5 Å². The van der Waals surface area contributed by atoms with Crippen molar-refractivity contribution in [1.82, 2.24) is 24.0 Å². The molecule has 0 amide bonds. The SMILES string of the molecule is CC(C)=CCn1c(N2C=C3NCCC3C2)nc2c1c(=O)n(CC(=O)c1ccccc1)c(=O)n2C. The highest BCUT2D eigenvalue weighted by molar-refractivity contribution is 5.95. The molecule has 9 nitrogen and oxygen atoms in total. The van der Waals surface area contributed by atoms with E-state index in [4.69, 9.17) is 4.98 Å². The molecule has 0 saturated carbocycles. The van der Waals surface area contributed by atoms with Gasteiger partial charge in [0.05, 0.1) is 6.54 Å². The summed E-state index contributed by atoms with van der Waals surface area (Å²) in [6.45, 7) is 5.84. The minimum absolute atomic E-state index is 0.294. The molecule has 4 heterocycles. The molecule has 5 rings (SSSR count). The van der Waals surface area contributed by atoms with E-state index in [9.17, 15) is 14.4 Å². The van der Waals surface area contributed by atoms with E-state index in [2.05, 4.69) is 5.32 Å². The second-order valence-corrected chi connectivity index (χ2v) is 9.15. The zero-order valence-corrected chi connectivity index (χ0v) is 19.6. The van der Waals surface area contributed by atoms with Gasteiger partial charge >= 0.3 is 5.69 Å². The number of allylic oxidation sites excluding steroid dienone is 2. The third-order valence-corrected chi connectivity index (χ3v) is 6.52. The van der Waals surface area contributed by atoms with E-state index in [1.807, 2.05) is 41.7 Å². The van der Waals surface area contributed by atoms with Crippen molar-refractivity contribution in [3.05, 3.63) is 80.3 Å². The maximum atomic E-state index is 13.6. The number of carbonyl (C=O) groups is 1. The summed E-state index contributed by atoms with van der Waals surface area (Å²) in [5.41, 5.74) is 2.32. The van der Waals surface area contributed by atoms with Crippen LogP contribution in [-0.2, 0) is 20.1 Å². The fourth-order valence-electron chi connectivity index (χ4n) is 4.65. The average Bonchev–Trinajstić information content (AvgIpc) is 3.52. The molecule has 2 aromatic heterocycles. The Morgan fingerprint density at radius 2 is 1.94 bits per heavy atom. The lowest BCUT2D eigenvalue weighted by Gasteiger charge is -2.17. The molecule has 2 aliphatic heterocycles. The normalized spacial score (nSPS) is 17.0. The van der Waals surface area contributed by atoms with Gasteiger partial charge in [0.15, 0.2) is 16.9 Å². The Morgan fingerprint density at radius 3 is 2.65 bits per heavy atom. The molecule has 9 heteroatoms. The summed E-state index contributed by atoms with van der Waals surface area (Å²) in [5.74, 6) is 0.744. The third kappa shape index (κ3) is 3.67. The molecule has 0 spiro atoms. The van der Waals surface area contributed by atoms with Crippen molar-refractivity contribution in [2.45, 2.75) is 33.4 Å². The lowest BCUT2D eigenvalue weighted by atomic mass is 10.1. The van der Waals surface area contributed by atoms with Gasteiger partial charge in [0.25, 0.3) is 5.56 Å². The number of nitrogens with one attached hydrogen (secondary N) is 1. The Kier molecular flexibility index (Phi) is 5.47. The molecule has 34 heavy (non-hydrogen) atoms. The number of imidazole rings is 1. The smallest absolute Gasteiger partial charge is 0.332 e. The van der Waals surface area contributed by atoms with Crippen LogP contribution >= 0.6 is 0 Å². The second kappa shape index (κ2) is 8.48. The van der Waals surface area contributed by atoms with Crippen LogP contribution in [-0.4, -0.2) is 37.6 Å². The van der Waals surface area contributed by atoms with Crippen molar-refractivity contribution in [3.63, 3.8) is 0 Å². The van der Waals surface area contributed by atoms with Gasteiger partial charge in [-0.1, -0.05) is 42.0 Å². The van der Waals surface area contributed by atoms with Crippen LogP contribution in [0.5, 0.6) is 0 Å². The van der Waals surface area contributed by atoms with Crippen LogP contribution in [0.3, 0.4) is 0 Å². The highest BCUT2D eigenvalue weighted by Gasteiger charge is 2.32. The topological polar surface area (TPSA) is 94.2 Å². The van der Waals surface area contributed by atoms with Crippen LogP contribution in [0, 0.1) is 5.92 Å². The summed E-state index contributed by atoms with van der Waals surface area (Å²) in [4.78, 5) is 46.4. The van der Waals surface area contributed by atoms with Gasteiger partial charge in [0.2, 0.25) is 5.95 Å². The van der Waals surface area contributed by atoms with E-state index >= 15 is 0 Å². The van der Waals surface area contributed by atoms with Crippen LogP contribution in [0.25, 0.3) is 11.2 Å². The molecular formula is C25H28N6O3. The minimum Gasteiger partial charge on any atom is -0.387 e. The molecule has 1 saturated heterocycles. The highest BCUT2D eigenvalue weighted by Crippen LogP contribution is 2.31. The largest absolute Gasteiger partial charge is 0.387 e. The van der Waals surface area contributed by atoms with Gasteiger partial charge in [-0.3, -0.25) is 18.7 Å². The number of rotatable bonds is 6. The number of ketones is 1. The van der Waals surface area contributed by atoms with E-state index in [0.717, 1.165) is 29.7 Å². The van der Waals surface area contributed by atoms with E-state index in [0.29, 0.717) is 35.1 Å². The number of benzene rings is 1. The number of Topliss-reactive ketones (excluding diaryl/α,β-unsaturated/α-hetero) is 1. The molecular weight excluding hydrogens is 432 g/mol. The van der Waals surface area contributed by atoms with Crippen LogP contribution < -0.4 is 21.5 Å². The Balaban J connectivity index is 1.66. The zero-order chi connectivity index (χ0) is 24.0. The average molecular weight is 461 g/mol. The molecule has 1 atom stereocenters. The number of aromatic nitrogens is 4. The van der Waals surface area contributed by atoms with Gasteiger partial charge in [-0.15, -0.1) is 0 Å². The Morgan fingerprint density at radius 1 is 1.18 bits per heavy atom. The van der Waals surface area contributed by atoms with E-state index in [1.165, 1.54) is 10.3 Å². The molecule has 176 valence electrons. The van der Waals surface area contributed by atoms with Gasteiger partial charge in [-0.05, 0) is 20.3 Å². The summed E-state index contributed by atoms with van der Waals surface area (Å²) in [6, 6.07) is 8.69. The van der Waals surface area contributed by atoms with Gasteiger partial charge in [0, 0.05) is 50.1 Å². The van der Waals surface area contributed by atoms with Crippen LogP contribution in [0.2, 0.25) is 0 Å². The van der Waals surface area contributed by atoms with Crippen molar-refractivity contribution in [2.24, 2.45) is 13.0 Å². The quantitative estimate of drug-likeness (QED) is 0.447. The first-order chi connectivity index (χ1) is 16.3. The number of carbonyl (C=O) groups excluding carboxylic acids is 1. The van der Waals surface area contributed by atoms with E-state index in [-0.39, 0.29) is 12.3 Å². The predicted octanol–water partition coefficient (Wildman–Crippen LogP) is 2.02. The number of hydrogen-bond donors (Lipinski definition) is 1. The Bertz CT molecular complexity index is 1450. The van der Waals surface area contributed by atoms with E-state index < -0.39 is 11.2 Å². The van der Waals surface area contributed by atoms with Crippen molar-refractivity contribution in [3.8, 4) is 0 Å². The van der Waals surface area contributed by atoms with Crippen molar-refractivity contribution in [2.75, 3.05) is 18.0 Å². The zero-order valence-electron chi connectivity index (χ0n) is 19.6. The Hall–Kier alpha value is -3.88. The van der Waals surface area contributed by atoms with Crippen molar-refractivity contribution >= 4 is 22.9 Å². The summed E-state index contributed by atoms with van der Waals surface area (Å²) in [6.07, 6.45) is 5.13. The number of nitrogens with zero attached hydrogens (tertiary/aromatic N) is 5. The van der Waals surface area contributed by atoms with Gasteiger partial charge in [0.1, 0.15) is 0 Å². The molecule has 2 aliphatic rings. The molecule has 1 fully saturated rings. The maximum Gasteiger partial charge on any atom is 0.332 e. The molecule has 1 unspecified atom stereocenters. The third-order valence-electron chi connectivity index (χ3n) is 6.52. The monoisotopic (exact) mass is 460 g/mol. The number of fused-ring (bicyclic) bond motifs is 2. The molecule has 1 N–H and O–H groups in total. The predicted molar refractivity (Wildman–Crippen MR) is 131 cm³/mol. The number of anilines is 1. The van der Waals surface area contributed by atoms with Gasteiger partial charge in [-0.2, -0.15) is 4.98 Å². The van der Waals surface area contributed by atoms with E-state index in [1.54, 1.807) is 31.3 Å². The van der Waals surface area contributed by atoms with Crippen molar-refractivity contribution < 1.29 is 4.79 Å².